The summed E-state index contributed by atoms with van der Waals surface area (Å²) in [6, 6.07) is 0. The summed E-state index contributed by atoms with van der Waals surface area (Å²) < 4.78 is 0. The number of rotatable bonds is 3. The van der Waals surface area contributed by atoms with Crippen LogP contribution in [0.5, 0.6) is 0 Å². The van der Waals surface area contributed by atoms with Gasteiger partial charge in [0.15, 0.2) is 0 Å². The van der Waals surface area contributed by atoms with Gasteiger partial charge in [-0.25, -0.2) is 9.97 Å². The maximum Gasteiger partial charge on any atom is 0.140 e. The molecule has 5 nitrogen and oxygen atoms in total. The molecule has 0 bridgehead atoms. The highest BCUT2D eigenvalue weighted by Gasteiger charge is 2.11. The molecule has 1 rings (SSSR count). The lowest BCUT2D eigenvalue weighted by molar-refractivity contribution is 1.14. The number of anilines is 2. The standard InChI is InChI=1S/C8H13N5/c1-3-5(9)6-7(10)12-4-13-8(6)11-2/h4,9H,3H2,1-2H3,(H3,10,11,12,13). The molecule has 0 aliphatic heterocycles. The van der Waals surface area contributed by atoms with Crippen molar-refractivity contribution in [3.05, 3.63) is 11.9 Å². The number of hydrogen-bond acceptors (Lipinski definition) is 5. The van der Waals surface area contributed by atoms with Crippen molar-refractivity contribution in [2.75, 3.05) is 18.1 Å². The number of hydrogen-bond donors (Lipinski definition) is 3. The molecule has 0 radical (unpaired) electrons. The molecular weight excluding hydrogens is 166 g/mol. The molecule has 0 aliphatic rings. The first kappa shape index (κ1) is 9.44. The van der Waals surface area contributed by atoms with Gasteiger partial charge in [0, 0.05) is 12.8 Å². The van der Waals surface area contributed by atoms with E-state index in [9.17, 15) is 0 Å². The zero-order valence-electron chi connectivity index (χ0n) is 7.76. The molecule has 13 heavy (non-hydrogen) atoms. The fourth-order valence-corrected chi connectivity index (χ4v) is 1.06. The van der Waals surface area contributed by atoms with Crippen molar-refractivity contribution in [2.45, 2.75) is 13.3 Å². The van der Waals surface area contributed by atoms with E-state index in [0.29, 0.717) is 29.3 Å². The molecule has 0 aromatic carbocycles. The average molecular weight is 179 g/mol. The molecule has 0 saturated heterocycles. The maximum atomic E-state index is 7.66. The Balaban J connectivity index is 3.22. The van der Waals surface area contributed by atoms with Gasteiger partial charge in [-0.1, -0.05) is 6.92 Å². The quantitative estimate of drug-likeness (QED) is 0.601. The van der Waals surface area contributed by atoms with Crippen molar-refractivity contribution in [1.82, 2.24) is 9.97 Å². The van der Waals surface area contributed by atoms with Gasteiger partial charge in [0.1, 0.15) is 18.0 Å². The van der Waals surface area contributed by atoms with Gasteiger partial charge in [0.25, 0.3) is 0 Å². The SMILES string of the molecule is CCC(=N)c1c(N)ncnc1NC. The molecule has 0 spiro atoms. The van der Waals surface area contributed by atoms with Crippen LogP contribution >= 0.6 is 0 Å². The molecule has 0 saturated carbocycles. The third-order valence-electron chi connectivity index (χ3n) is 1.77. The van der Waals surface area contributed by atoms with Crippen LogP contribution in [-0.2, 0) is 0 Å². The molecule has 1 aromatic rings. The summed E-state index contributed by atoms with van der Waals surface area (Å²) in [6.07, 6.45) is 2.00. The summed E-state index contributed by atoms with van der Waals surface area (Å²) in [6.45, 7) is 1.90. The predicted molar refractivity (Wildman–Crippen MR) is 53.1 cm³/mol. The minimum atomic E-state index is 0.353. The van der Waals surface area contributed by atoms with Crippen LogP contribution in [0.4, 0.5) is 11.6 Å². The van der Waals surface area contributed by atoms with E-state index in [4.69, 9.17) is 11.1 Å². The largest absolute Gasteiger partial charge is 0.383 e. The normalized spacial score (nSPS) is 9.69. The smallest absolute Gasteiger partial charge is 0.140 e. The van der Waals surface area contributed by atoms with Gasteiger partial charge in [-0.05, 0) is 6.42 Å². The third-order valence-corrected chi connectivity index (χ3v) is 1.77. The monoisotopic (exact) mass is 179 g/mol. The van der Waals surface area contributed by atoms with E-state index < -0.39 is 0 Å². The molecule has 4 N–H and O–H groups in total. The molecular formula is C8H13N5. The van der Waals surface area contributed by atoms with Gasteiger partial charge < -0.3 is 16.5 Å². The molecule has 1 aromatic heterocycles. The Morgan fingerprint density at radius 1 is 1.62 bits per heavy atom. The second-order valence-corrected chi connectivity index (χ2v) is 2.56. The van der Waals surface area contributed by atoms with Gasteiger partial charge in [-0.3, -0.25) is 0 Å². The van der Waals surface area contributed by atoms with Crippen LogP contribution in [0.25, 0.3) is 0 Å². The fraction of sp³-hybridized carbons (Fsp3) is 0.375. The first-order valence-electron chi connectivity index (χ1n) is 4.06. The highest BCUT2D eigenvalue weighted by atomic mass is 15.0. The molecule has 1 heterocycles. The van der Waals surface area contributed by atoms with E-state index in [0.717, 1.165) is 0 Å². The lowest BCUT2D eigenvalue weighted by atomic mass is 10.1. The van der Waals surface area contributed by atoms with Crippen molar-refractivity contribution in [2.24, 2.45) is 0 Å². The molecule has 0 atom stereocenters. The van der Waals surface area contributed by atoms with Gasteiger partial charge in [-0.2, -0.15) is 0 Å². The number of nitrogens with one attached hydrogen (secondary N) is 2. The number of nitrogen functional groups attached to an aromatic ring is 1. The number of nitrogens with zero attached hydrogens (tertiary/aromatic N) is 2. The Bertz CT molecular complexity index is 320. The summed E-state index contributed by atoms with van der Waals surface area (Å²) in [5.41, 5.74) is 6.69. The van der Waals surface area contributed by atoms with Crippen molar-refractivity contribution in [3.8, 4) is 0 Å². The van der Waals surface area contributed by atoms with Crippen LogP contribution in [0, 0.1) is 5.41 Å². The molecule has 5 heteroatoms. The van der Waals surface area contributed by atoms with Crippen LogP contribution in [0.15, 0.2) is 6.33 Å². The second-order valence-electron chi connectivity index (χ2n) is 2.56. The molecule has 0 amide bonds. The van der Waals surface area contributed by atoms with Crippen LogP contribution < -0.4 is 11.1 Å². The molecule has 0 aliphatic carbocycles. The Labute approximate surface area is 76.9 Å². The van der Waals surface area contributed by atoms with Crippen molar-refractivity contribution >= 4 is 17.3 Å². The summed E-state index contributed by atoms with van der Waals surface area (Å²) in [4.78, 5) is 7.83. The van der Waals surface area contributed by atoms with Crippen LogP contribution in [-0.4, -0.2) is 22.7 Å². The first-order chi connectivity index (χ1) is 6.20. The van der Waals surface area contributed by atoms with E-state index in [1.54, 1.807) is 7.05 Å². The fourth-order valence-electron chi connectivity index (χ4n) is 1.06. The summed E-state index contributed by atoms with van der Waals surface area (Å²) in [7, 11) is 1.74. The minimum absolute atomic E-state index is 0.353. The molecule has 0 fully saturated rings. The Morgan fingerprint density at radius 3 is 2.85 bits per heavy atom. The van der Waals surface area contributed by atoms with Crippen molar-refractivity contribution in [1.29, 1.82) is 5.41 Å². The second kappa shape index (κ2) is 3.84. The van der Waals surface area contributed by atoms with Gasteiger partial charge >= 0.3 is 0 Å². The third kappa shape index (κ3) is 1.74. The highest BCUT2D eigenvalue weighted by Crippen LogP contribution is 2.17. The maximum absolute atomic E-state index is 7.66. The zero-order chi connectivity index (χ0) is 9.84. The predicted octanol–water partition coefficient (Wildman–Crippen LogP) is 0.878. The van der Waals surface area contributed by atoms with Crippen LogP contribution in [0.1, 0.15) is 18.9 Å². The minimum Gasteiger partial charge on any atom is -0.383 e. The van der Waals surface area contributed by atoms with Gasteiger partial charge in [0.2, 0.25) is 0 Å². The molecule has 70 valence electrons. The lowest BCUT2D eigenvalue weighted by Gasteiger charge is -2.09. The summed E-state index contributed by atoms with van der Waals surface area (Å²) in [5, 5.41) is 10.5. The van der Waals surface area contributed by atoms with Gasteiger partial charge in [-0.15, -0.1) is 0 Å². The highest BCUT2D eigenvalue weighted by molar-refractivity contribution is 6.05. The zero-order valence-corrected chi connectivity index (χ0v) is 7.76. The average Bonchev–Trinajstić information content (AvgIpc) is 2.16. The van der Waals surface area contributed by atoms with E-state index in [-0.39, 0.29) is 0 Å². The summed E-state index contributed by atoms with van der Waals surface area (Å²) >= 11 is 0. The van der Waals surface area contributed by atoms with Gasteiger partial charge in [0.05, 0.1) is 5.56 Å². The Morgan fingerprint density at radius 2 is 2.31 bits per heavy atom. The first-order valence-corrected chi connectivity index (χ1v) is 4.06. The van der Waals surface area contributed by atoms with E-state index in [1.165, 1.54) is 6.33 Å². The Kier molecular flexibility index (Phi) is 2.79. The lowest BCUT2D eigenvalue weighted by Crippen LogP contribution is -2.10. The topological polar surface area (TPSA) is 87.7 Å². The van der Waals surface area contributed by atoms with E-state index in [1.807, 2.05) is 6.92 Å². The van der Waals surface area contributed by atoms with Crippen molar-refractivity contribution < 1.29 is 0 Å². The van der Waals surface area contributed by atoms with Crippen molar-refractivity contribution in [3.63, 3.8) is 0 Å². The van der Waals surface area contributed by atoms with E-state index in [2.05, 4.69) is 15.3 Å². The number of nitrogens with two attached hydrogens (primary N) is 1. The summed E-state index contributed by atoms with van der Waals surface area (Å²) in [5.74, 6) is 0.963. The Hall–Kier alpha value is -1.65. The molecule has 0 unspecified atom stereocenters. The van der Waals surface area contributed by atoms with E-state index >= 15 is 0 Å². The van der Waals surface area contributed by atoms with Crippen LogP contribution in [0.3, 0.4) is 0 Å². The van der Waals surface area contributed by atoms with Crippen LogP contribution in [0.2, 0.25) is 0 Å². The number of aromatic nitrogens is 2.